The van der Waals surface area contributed by atoms with Crippen molar-refractivity contribution in [3.8, 4) is 11.5 Å². The lowest BCUT2D eigenvalue weighted by Gasteiger charge is -2.17. The van der Waals surface area contributed by atoms with Crippen molar-refractivity contribution in [3.63, 3.8) is 0 Å². The van der Waals surface area contributed by atoms with E-state index >= 15 is 0 Å². The van der Waals surface area contributed by atoms with E-state index < -0.39 is 0 Å². The number of esters is 1. The average Bonchev–Trinajstić information content (AvgIpc) is 3.24. The van der Waals surface area contributed by atoms with Gasteiger partial charge in [0.25, 0.3) is 0 Å². The summed E-state index contributed by atoms with van der Waals surface area (Å²) in [5, 5.41) is 0.370. The summed E-state index contributed by atoms with van der Waals surface area (Å²) < 4.78 is 31.7. The number of halogens is 3. The van der Waals surface area contributed by atoms with E-state index in [4.69, 9.17) is 25.8 Å². The maximum Gasteiger partial charge on any atom is 0.306 e. The Kier molecular flexibility index (Phi) is 5.03. The van der Waals surface area contributed by atoms with Crippen molar-refractivity contribution in [3.05, 3.63) is 56.3 Å². The van der Waals surface area contributed by atoms with Crippen LogP contribution in [-0.2, 0) is 16.0 Å². The van der Waals surface area contributed by atoms with E-state index in [1.165, 1.54) is 13.2 Å². The molecule has 1 aliphatic carbocycles. The molecule has 0 aromatic heterocycles. The summed E-state index contributed by atoms with van der Waals surface area (Å²) in [4.78, 5) is 11.5. The lowest BCUT2D eigenvalue weighted by molar-refractivity contribution is -0.141. The van der Waals surface area contributed by atoms with Crippen LogP contribution in [0.15, 0.2) is 28.7 Å². The largest absolute Gasteiger partial charge is 0.492 e. The number of carbonyl (C=O) groups is 1. The van der Waals surface area contributed by atoms with Crippen LogP contribution in [0, 0.1) is 5.82 Å². The van der Waals surface area contributed by atoms with Gasteiger partial charge >= 0.3 is 5.97 Å². The normalized spacial score (nSPS) is 20.0. The number of fused-ring (bicyclic) bond motifs is 2. The molecule has 7 heteroatoms. The molecule has 27 heavy (non-hydrogen) atoms. The zero-order chi connectivity index (χ0) is 19.1. The second-order valence-corrected chi connectivity index (χ2v) is 7.88. The van der Waals surface area contributed by atoms with Gasteiger partial charge in [-0.15, -0.1) is 0 Å². The molecule has 2 atom stereocenters. The third kappa shape index (κ3) is 3.41. The molecule has 0 radical (unpaired) electrons. The lowest BCUT2D eigenvalue weighted by atomic mass is 9.98. The molecular formula is C20H17BrClFO4. The van der Waals surface area contributed by atoms with Gasteiger partial charge in [0, 0.05) is 27.6 Å². The minimum Gasteiger partial charge on any atom is -0.492 e. The molecular weight excluding hydrogens is 439 g/mol. The zero-order valence-corrected chi connectivity index (χ0v) is 16.9. The molecule has 0 fully saturated rings. The Morgan fingerprint density at radius 2 is 2.22 bits per heavy atom. The van der Waals surface area contributed by atoms with E-state index in [1.54, 1.807) is 6.07 Å². The highest BCUT2D eigenvalue weighted by atomic mass is 79.9. The molecule has 4 nitrogen and oxygen atoms in total. The maximum atomic E-state index is 14.5. The first kappa shape index (κ1) is 18.6. The first-order valence-corrected chi connectivity index (χ1v) is 9.81. The Morgan fingerprint density at radius 3 is 3.00 bits per heavy atom. The molecule has 0 bridgehead atoms. The highest BCUT2D eigenvalue weighted by Crippen LogP contribution is 2.44. The number of methoxy groups -OCH3 is 1. The predicted molar refractivity (Wildman–Crippen MR) is 102 cm³/mol. The van der Waals surface area contributed by atoms with Gasteiger partial charge in [0.2, 0.25) is 0 Å². The fraction of sp³-hybridized carbons (Fsp3) is 0.350. The minimum atomic E-state index is -0.376. The summed E-state index contributed by atoms with van der Waals surface area (Å²) in [6.45, 7) is 0.431. The van der Waals surface area contributed by atoms with Crippen LogP contribution >= 0.6 is 27.5 Å². The predicted octanol–water partition coefficient (Wildman–Crippen LogP) is 5.35. The van der Waals surface area contributed by atoms with E-state index in [0.717, 1.165) is 15.6 Å². The van der Waals surface area contributed by atoms with Gasteiger partial charge in [-0.25, -0.2) is 4.39 Å². The molecule has 1 heterocycles. The number of benzene rings is 2. The molecule has 2 aromatic carbocycles. The number of hydrogen-bond donors (Lipinski definition) is 0. The van der Waals surface area contributed by atoms with Crippen molar-refractivity contribution >= 4 is 33.5 Å². The summed E-state index contributed by atoms with van der Waals surface area (Å²) in [6, 6.07) is 6.84. The third-order valence-corrected chi connectivity index (χ3v) is 6.51. The van der Waals surface area contributed by atoms with Gasteiger partial charge in [0.05, 0.1) is 25.2 Å². The second-order valence-electron chi connectivity index (χ2n) is 6.68. The maximum absolute atomic E-state index is 14.5. The van der Waals surface area contributed by atoms with Crippen LogP contribution in [0.4, 0.5) is 4.39 Å². The molecule has 1 unspecified atom stereocenters. The number of rotatable bonds is 4. The fourth-order valence-corrected chi connectivity index (χ4v) is 4.47. The molecule has 2 aliphatic rings. The number of hydrogen-bond acceptors (Lipinski definition) is 4. The fourth-order valence-electron chi connectivity index (χ4n) is 3.74. The van der Waals surface area contributed by atoms with Crippen molar-refractivity contribution in [2.45, 2.75) is 31.3 Å². The highest BCUT2D eigenvalue weighted by Gasteiger charge is 2.32. The van der Waals surface area contributed by atoms with Gasteiger partial charge < -0.3 is 14.2 Å². The highest BCUT2D eigenvalue weighted by molar-refractivity contribution is 9.10. The third-order valence-electron chi connectivity index (χ3n) is 5.07. The SMILES string of the molecule is COC(=O)CC1COc2cc(O[C@@H]3CCc4c(Br)c(Cl)cc(F)c43)ccc21. The Morgan fingerprint density at radius 1 is 1.41 bits per heavy atom. The monoisotopic (exact) mass is 454 g/mol. The van der Waals surface area contributed by atoms with Gasteiger partial charge in [-0.3, -0.25) is 4.79 Å². The molecule has 0 spiro atoms. The summed E-state index contributed by atoms with van der Waals surface area (Å²) >= 11 is 9.49. The molecule has 2 aromatic rings. The molecule has 1 aliphatic heterocycles. The van der Waals surface area contributed by atoms with Crippen LogP contribution in [0.2, 0.25) is 5.02 Å². The van der Waals surface area contributed by atoms with E-state index in [2.05, 4.69) is 15.9 Å². The molecule has 0 amide bonds. The van der Waals surface area contributed by atoms with Gasteiger partial charge in [-0.1, -0.05) is 17.7 Å². The van der Waals surface area contributed by atoms with Gasteiger partial charge in [-0.05, 0) is 46.5 Å². The van der Waals surface area contributed by atoms with Crippen LogP contribution in [0.3, 0.4) is 0 Å². The molecule has 0 saturated carbocycles. The quantitative estimate of drug-likeness (QED) is 0.461. The second kappa shape index (κ2) is 7.32. The van der Waals surface area contributed by atoms with E-state index in [1.807, 2.05) is 12.1 Å². The van der Waals surface area contributed by atoms with E-state index in [-0.39, 0.29) is 30.2 Å². The molecule has 142 valence electrons. The Bertz CT molecular complexity index is 917. The molecule has 0 N–H and O–H groups in total. The van der Waals surface area contributed by atoms with E-state index in [0.29, 0.717) is 41.5 Å². The summed E-state index contributed by atoms with van der Waals surface area (Å²) in [5.74, 6) is 0.660. The van der Waals surface area contributed by atoms with Crippen LogP contribution in [0.1, 0.15) is 41.6 Å². The van der Waals surface area contributed by atoms with Crippen molar-refractivity contribution in [1.29, 1.82) is 0 Å². The standard InChI is InChI=1S/C20H17BrClFO4/c1-25-18(24)6-10-9-26-17-7-11(2-3-12(10)17)27-16-5-4-13-19(16)15(23)8-14(22)20(13)21/h2-3,7-8,10,16H,4-6,9H2,1H3/t10?,16-/m1/s1. The van der Waals surface area contributed by atoms with Crippen LogP contribution in [0.5, 0.6) is 11.5 Å². The van der Waals surface area contributed by atoms with Crippen molar-refractivity contribution < 1.29 is 23.4 Å². The Hall–Kier alpha value is -1.79. The first-order valence-electron chi connectivity index (χ1n) is 8.64. The number of carbonyl (C=O) groups excluding carboxylic acids is 1. The zero-order valence-electron chi connectivity index (χ0n) is 14.6. The Balaban J connectivity index is 1.55. The van der Waals surface area contributed by atoms with Crippen LogP contribution in [-0.4, -0.2) is 19.7 Å². The Labute approximate surface area is 169 Å². The summed E-state index contributed by atoms with van der Waals surface area (Å²) in [7, 11) is 1.38. The average molecular weight is 456 g/mol. The molecule has 4 rings (SSSR count). The molecule has 0 saturated heterocycles. The van der Waals surface area contributed by atoms with Crippen molar-refractivity contribution in [2.24, 2.45) is 0 Å². The van der Waals surface area contributed by atoms with Crippen molar-refractivity contribution in [1.82, 2.24) is 0 Å². The van der Waals surface area contributed by atoms with Crippen LogP contribution < -0.4 is 9.47 Å². The van der Waals surface area contributed by atoms with Gasteiger partial charge in [0.1, 0.15) is 23.4 Å². The van der Waals surface area contributed by atoms with E-state index in [9.17, 15) is 9.18 Å². The summed E-state index contributed by atoms with van der Waals surface area (Å²) in [5.41, 5.74) is 2.37. The minimum absolute atomic E-state index is 0.0238. The van der Waals surface area contributed by atoms with Gasteiger partial charge in [0.15, 0.2) is 0 Å². The topological polar surface area (TPSA) is 44.8 Å². The van der Waals surface area contributed by atoms with Gasteiger partial charge in [-0.2, -0.15) is 0 Å². The lowest BCUT2D eigenvalue weighted by Crippen LogP contribution is -2.09. The first-order chi connectivity index (χ1) is 13.0. The smallest absolute Gasteiger partial charge is 0.306 e. The number of ether oxygens (including phenoxy) is 3. The van der Waals surface area contributed by atoms with Crippen LogP contribution in [0.25, 0.3) is 0 Å². The van der Waals surface area contributed by atoms with Crippen molar-refractivity contribution in [2.75, 3.05) is 13.7 Å². The summed E-state index contributed by atoms with van der Waals surface area (Å²) in [6.07, 6.45) is 1.27.